The number of nitrogens with zero attached hydrogens (tertiary/aromatic N) is 2. The molecule has 0 bridgehead atoms. The van der Waals surface area contributed by atoms with E-state index < -0.39 is 33.5 Å². The molecule has 0 saturated carbocycles. The Morgan fingerprint density at radius 2 is 1.77 bits per heavy atom. The van der Waals surface area contributed by atoms with Crippen molar-refractivity contribution < 1.29 is 32.3 Å². The van der Waals surface area contributed by atoms with Crippen LogP contribution in [0.5, 0.6) is 0 Å². The zero-order valence-electron chi connectivity index (χ0n) is 24.2. The Kier molecular flexibility index (Phi) is 8.99. The van der Waals surface area contributed by atoms with Crippen LogP contribution in [-0.2, 0) is 39.0 Å². The third-order valence-electron chi connectivity index (χ3n) is 7.37. The summed E-state index contributed by atoms with van der Waals surface area (Å²) in [6, 6.07) is 15.7. The number of benzene rings is 2. The number of hydrogen-bond acceptors (Lipinski definition) is 9. The molecule has 0 spiro atoms. The third kappa shape index (κ3) is 6.65. The lowest BCUT2D eigenvalue weighted by molar-refractivity contribution is 0.0924. The average Bonchev–Trinajstić information content (AvgIpc) is 3.52. The van der Waals surface area contributed by atoms with Gasteiger partial charge >= 0.3 is 6.09 Å². The first-order valence-corrected chi connectivity index (χ1v) is 16.2. The van der Waals surface area contributed by atoms with Gasteiger partial charge in [-0.15, -0.1) is 11.3 Å². The van der Waals surface area contributed by atoms with E-state index >= 15 is 0 Å². The first-order chi connectivity index (χ1) is 20.5. The summed E-state index contributed by atoms with van der Waals surface area (Å²) in [5.41, 5.74) is 1.71. The number of sulfonamides is 1. The molecule has 11 nitrogen and oxygen atoms in total. The summed E-state index contributed by atoms with van der Waals surface area (Å²) in [6.07, 6.45) is -0.307. The van der Waals surface area contributed by atoms with Gasteiger partial charge in [0.25, 0.3) is 11.8 Å². The van der Waals surface area contributed by atoms with Crippen molar-refractivity contribution in [3.8, 4) is 0 Å². The van der Waals surface area contributed by atoms with E-state index in [1.165, 1.54) is 45.5 Å². The second-order valence-electron chi connectivity index (χ2n) is 11.0. The van der Waals surface area contributed by atoms with Crippen molar-refractivity contribution in [1.29, 1.82) is 0 Å². The van der Waals surface area contributed by atoms with Crippen molar-refractivity contribution >= 4 is 44.3 Å². The van der Waals surface area contributed by atoms with Gasteiger partial charge in [0.05, 0.1) is 29.2 Å². The first-order valence-electron chi connectivity index (χ1n) is 13.9. The van der Waals surface area contributed by atoms with E-state index in [1.807, 2.05) is 18.2 Å². The number of fused-ring (bicyclic) bond motifs is 1. The van der Waals surface area contributed by atoms with Crippen molar-refractivity contribution in [2.45, 2.75) is 50.7 Å². The Balaban J connectivity index is 1.38. The molecular weight excluding hydrogens is 592 g/mol. The van der Waals surface area contributed by atoms with Gasteiger partial charge in [0.15, 0.2) is 0 Å². The van der Waals surface area contributed by atoms with E-state index in [9.17, 15) is 22.8 Å². The number of hydrogen-bond donors (Lipinski definition) is 2. The van der Waals surface area contributed by atoms with Gasteiger partial charge in [-0.1, -0.05) is 30.3 Å². The van der Waals surface area contributed by atoms with Crippen molar-refractivity contribution in [2.24, 2.45) is 0 Å². The van der Waals surface area contributed by atoms with Crippen LogP contribution in [-0.4, -0.2) is 67.6 Å². The van der Waals surface area contributed by atoms with Gasteiger partial charge in [0.2, 0.25) is 10.0 Å². The number of carbonyl (C=O) groups excluding carboxylic acids is 3. The predicted molar refractivity (Wildman–Crippen MR) is 161 cm³/mol. The minimum absolute atomic E-state index is 0.0416. The standard InChI is InChI=1S/C30H34N4O7S2/c1-4-41-29(37)32-27(36)25-23-14-15-33(16-20-8-6-5-7-9-20)17-24(23)42-28(25)31-26(35)21-10-12-22(13-11-21)43(38,39)34-19-40-18-30(34,2)3/h5-13H,4,14-19H2,1-3H3,(H,31,35)(H,32,36,37). The Labute approximate surface area is 254 Å². The van der Waals surface area contributed by atoms with Crippen LogP contribution in [0.2, 0.25) is 0 Å². The van der Waals surface area contributed by atoms with Crippen LogP contribution in [0.1, 0.15) is 57.5 Å². The molecule has 0 aliphatic carbocycles. The van der Waals surface area contributed by atoms with E-state index in [0.717, 1.165) is 17.0 Å². The first kappa shape index (κ1) is 30.8. The van der Waals surface area contributed by atoms with Crippen molar-refractivity contribution in [2.75, 3.05) is 31.8 Å². The fourth-order valence-electron chi connectivity index (χ4n) is 5.18. The lowest BCUT2D eigenvalue weighted by Crippen LogP contribution is -2.44. The Hall–Kier alpha value is -3.62. The molecule has 2 aliphatic heterocycles. The summed E-state index contributed by atoms with van der Waals surface area (Å²) >= 11 is 1.29. The topological polar surface area (TPSA) is 134 Å². The lowest BCUT2D eigenvalue weighted by Gasteiger charge is -2.28. The number of thiophene rings is 1. The molecular formula is C30H34N4O7S2. The minimum Gasteiger partial charge on any atom is -0.450 e. The highest BCUT2D eigenvalue weighted by atomic mass is 32.2. The van der Waals surface area contributed by atoms with Gasteiger partial charge < -0.3 is 14.8 Å². The van der Waals surface area contributed by atoms with Crippen LogP contribution >= 0.6 is 11.3 Å². The van der Waals surface area contributed by atoms with E-state index in [0.29, 0.717) is 24.5 Å². The summed E-state index contributed by atoms with van der Waals surface area (Å²) in [5.74, 6) is -1.17. The number of nitrogens with one attached hydrogen (secondary N) is 2. The number of amides is 3. The number of imide groups is 1. The largest absolute Gasteiger partial charge is 0.450 e. The average molecular weight is 627 g/mol. The monoisotopic (exact) mass is 626 g/mol. The minimum atomic E-state index is -3.83. The second kappa shape index (κ2) is 12.5. The zero-order valence-corrected chi connectivity index (χ0v) is 25.8. The second-order valence-corrected chi connectivity index (χ2v) is 13.9. The van der Waals surface area contributed by atoms with E-state index in [2.05, 4.69) is 27.7 Å². The third-order valence-corrected chi connectivity index (χ3v) is 10.6. The number of rotatable bonds is 8. The fraction of sp³-hybridized carbons (Fsp3) is 0.367. The highest BCUT2D eigenvalue weighted by molar-refractivity contribution is 7.89. The molecule has 0 atom stereocenters. The van der Waals surface area contributed by atoms with Gasteiger partial charge in [-0.25, -0.2) is 13.2 Å². The maximum atomic E-state index is 13.3. The van der Waals surface area contributed by atoms with Crippen molar-refractivity contribution in [1.82, 2.24) is 14.5 Å². The molecule has 2 aromatic carbocycles. The molecule has 228 valence electrons. The highest BCUT2D eigenvalue weighted by Gasteiger charge is 2.42. The molecule has 3 amide bonds. The molecule has 2 aliphatic rings. The molecule has 13 heteroatoms. The van der Waals surface area contributed by atoms with Crippen LogP contribution in [0.15, 0.2) is 59.5 Å². The smallest absolute Gasteiger partial charge is 0.414 e. The molecule has 0 radical (unpaired) electrons. The fourth-order valence-corrected chi connectivity index (χ4v) is 8.12. The van der Waals surface area contributed by atoms with Gasteiger partial charge in [0.1, 0.15) is 11.7 Å². The van der Waals surface area contributed by atoms with Gasteiger partial charge in [-0.2, -0.15) is 4.31 Å². The lowest BCUT2D eigenvalue weighted by atomic mass is 10.0. The van der Waals surface area contributed by atoms with Crippen LogP contribution in [0.4, 0.5) is 9.80 Å². The molecule has 0 unspecified atom stereocenters. The van der Waals surface area contributed by atoms with Crippen molar-refractivity contribution in [3.05, 3.63) is 81.7 Å². The Morgan fingerprint density at radius 1 is 1.05 bits per heavy atom. The van der Waals surface area contributed by atoms with E-state index in [1.54, 1.807) is 20.8 Å². The van der Waals surface area contributed by atoms with Crippen LogP contribution < -0.4 is 10.6 Å². The van der Waals surface area contributed by atoms with E-state index in [-0.39, 0.29) is 36.0 Å². The number of ether oxygens (including phenoxy) is 2. The molecule has 1 fully saturated rings. The van der Waals surface area contributed by atoms with Crippen LogP contribution in [0.3, 0.4) is 0 Å². The number of anilines is 1. The maximum Gasteiger partial charge on any atom is 0.414 e. The van der Waals surface area contributed by atoms with Gasteiger partial charge in [-0.05, 0) is 62.6 Å². The Morgan fingerprint density at radius 3 is 2.42 bits per heavy atom. The summed E-state index contributed by atoms with van der Waals surface area (Å²) in [5, 5.41) is 5.40. The summed E-state index contributed by atoms with van der Waals surface area (Å²) < 4.78 is 37.9. The molecule has 2 N–H and O–H groups in total. The maximum absolute atomic E-state index is 13.3. The number of alkyl carbamates (subject to hydrolysis) is 1. The van der Waals surface area contributed by atoms with Crippen molar-refractivity contribution in [3.63, 3.8) is 0 Å². The van der Waals surface area contributed by atoms with Crippen LogP contribution in [0, 0.1) is 0 Å². The number of carbonyl (C=O) groups is 3. The summed E-state index contributed by atoms with van der Waals surface area (Å²) in [4.78, 5) is 41.9. The van der Waals surface area contributed by atoms with Gasteiger partial charge in [-0.3, -0.25) is 19.8 Å². The quantitative estimate of drug-likeness (QED) is 0.380. The molecule has 3 aromatic rings. The zero-order chi connectivity index (χ0) is 30.8. The molecule has 5 rings (SSSR count). The predicted octanol–water partition coefficient (Wildman–Crippen LogP) is 4.20. The normalized spacial score (nSPS) is 16.8. The molecule has 43 heavy (non-hydrogen) atoms. The highest BCUT2D eigenvalue weighted by Crippen LogP contribution is 2.38. The van der Waals surface area contributed by atoms with Crippen LogP contribution in [0.25, 0.3) is 0 Å². The Bertz CT molecular complexity index is 1620. The SMILES string of the molecule is CCOC(=O)NC(=O)c1c(NC(=O)c2ccc(S(=O)(=O)N3COCC3(C)C)cc2)sc2c1CCN(Cc1ccccc1)C2. The summed E-state index contributed by atoms with van der Waals surface area (Å²) in [6.45, 7) is 7.57. The molecule has 1 saturated heterocycles. The molecule has 1 aromatic heterocycles. The summed E-state index contributed by atoms with van der Waals surface area (Å²) in [7, 11) is -3.83. The molecule has 3 heterocycles. The van der Waals surface area contributed by atoms with Gasteiger partial charge in [0, 0.05) is 30.1 Å². The van der Waals surface area contributed by atoms with E-state index in [4.69, 9.17) is 9.47 Å².